The van der Waals surface area contributed by atoms with Crippen molar-refractivity contribution in [1.82, 2.24) is 4.98 Å². The van der Waals surface area contributed by atoms with Gasteiger partial charge in [-0.3, -0.25) is 0 Å². The molecule has 0 unspecified atom stereocenters. The summed E-state index contributed by atoms with van der Waals surface area (Å²) in [4.78, 5) is 4.02. The minimum absolute atomic E-state index is 0.519. The number of aromatic nitrogens is 1. The van der Waals surface area contributed by atoms with Gasteiger partial charge in [0.15, 0.2) is 0 Å². The zero-order chi connectivity index (χ0) is 12.1. The quantitative estimate of drug-likeness (QED) is 0.845. The van der Waals surface area contributed by atoms with Gasteiger partial charge in [-0.05, 0) is 29.8 Å². The molecule has 0 radical (unpaired) electrons. The van der Waals surface area contributed by atoms with Crippen molar-refractivity contribution in [3.05, 3.63) is 48.2 Å². The van der Waals surface area contributed by atoms with Gasteiger partial charge >= 0.3 is 0 Å². The van der Waals surface area contributed by atoms with Gasteiger partial charge in [0.25, 0.3) is 0 Å². The topological polar surface area (TPSA) is 60.2 Å². The van der Waals surface area contributed by atoms with Crippen LogP contribution >= 0.6 is 0 Å². The summed E-state index contributed by atoms with van der Waals surface area (Å²) in [5, 5.41) is 3.24. The maximum Gasteiger partial charge on any atom is 0.123 e. The van der Waals surface area contributed by atoms with Crippen LogP contribution in [0.3, 0.4) is 0 Å². The average Bonchev–Trinajstić information content (AvgIpc) is 2.35. The van der Waals surface area contributed by atoms with Crippen LogP contribution in [0.1, 0.15) is 5.56 Å². The van der Waals surface area contributed by atoms with Crippen molar-refractivity contribution in [2.24, 2.45) is 0 Å². The molecule has 0 saturated heterocycles. The predicted molar refractivity (Wildman–Crippen MR) is 69.1 cm³/mol. The minimum atomic E-state index is 0.519. The Kier molecular flexibility index (Phi) is 3.57. The van der Waals surface area contributed by atoms with Crippen molar-refractivity contribution >= 4 is 17.2 Å². The van der Waals surface area contributed by atoms with Crippen LogP contribution in [0.15, 0.2) is 42.6 Å². The lowest BCUT2D eigenvalue weighted by Gasteiger charge is -2.07. The number of nitrogens with zero attached hydrogens (tertiary/aromatic N) is 1. The van der Waals surface area contributed by atoms with Gasteiger partial charge in [-0.1, -0.05) is 12.1 Å². The summed E-state index contributed by atoms with van der Waals surface area (Å²) >= 11 is 0. The maximum atomic E-state index is 5.52. The third-order valence-corrected chi connectivity index (χ3v) is 2.34. The average molecular weight is 229 g/mol. The molecular formula is C13H15N3O. The fourth-order valence-corrected chi connectivity index (χ4v) is 1.50. The molecule has 0 amide bonds. The number of anilines is 3. The molecule has 1 aromatic carbocycles. The fourth-order valence-electron chi connectivity index (χ4n) is 1.50. The number of rotatable bonds is 4. The largest absolute Gasteiger partial charge is 0.384 e. The van der Waals surface area contributed by atoms with Gasteiger partial charge in [0.2, 0.25) is 0 Å². The Hall–Kier alpha value is -2.07. The van der Waals surface area contributed by atoms with Gasteiger partial charge in [-0.25, -0.2) is 4.98 Å². The van der Waals surface area contributed by atoms with E-state index in [0.717, 1.165) is 16.9 Å². The van der Waals surface area contributed by atoms with E-state index in [1.807, 2.05) is 30.3 Å². The van der Waals surface area contributed by atoms with Gasteiger partial charge < -0.3 is 15.8 Å². The molecule has 3 N–H and O–H groups in total. The number of nitrogens with two attached hydrogens (primary N) is 1. The van der Waals surface area contributed by atoms with Gasteiger partial charge in [-0.2, -0.15) is 0 Å². The van der Waals surface area contributed by atoms with Crippen molar-refractivity contribution in [3.8, 4) is 0 Å². The van der Waals surface area contributed by atoms with Crippen LogP contribution in [0.5, 0.6) is 0 Å². The summed E-state index contributed by atoms with van der Waals surface area (Å²) in [6.07, 6.45) is 1.71. The number of ether oxygens (including phenoxy) is 1. The molecule has 1 aromatic heterocycles. The van der Waals surface area contributed by atoms with Gasteiger partial charge in [0.05, 0.1) is 18.5 Å². The van der Waals surface area contributed by atoms with E-state index in [1.54, 1.807) is 19.4 Å². The van der Waals surface area contributed by atoms with Crippen molar-refractivity contribution in [2.45, 2.75) is 6.61 Å². The second kappa shape index (κ2) is 5.32. The lowest BCUT2D eigenvalue weighted by atomic mass is 10.2. The Balaban J connectivity index is 2.05. The smallest absolute Gasteiger partial charge is 0.123 e. The van der Waals surface area contributed by atoms with E-state index < -0.39 is 0 Å². The Bertz CT molecular complexity index is 465. The Morgan fingerprint density at radius 1 is 1.12 bits per heavy atom. The molecule has 0 saturated carbocycles. The van der Waals surface area contributed by atoms with E-state index in [2.05, 4.69) is 10.3 Å². The standard InChI is InChI=1S/C13H15N3O/c1-17-9-10-2-4-11(5-3-10)16-12-6-7-13(14)15-8-12/h2-8,16H,9H2,1H3,(H2,14,15). The van der Waals surface area contributed by atoms with Crippen molar-refractivity contribution in [1.29, 1.82) is 0 Å². The molecule has 0 fully saturated rings. The molecule has 0 bridgehead atoms. The van der Waals surface area contributed by atoms with Crippen molar-refractivity contribution in [3.63, 3.8) is 0 Å². The maximum absolute atomic E-state index is 5.52. The second-order valence-corrected chi connectivity index (χ2v) is 3.73. The molecule has 88 valence electrons. The molecule has 0 aliphatic carbocycles. The third-order valence-electron chi connectivity index (χ3n) is 2.34. The van der Waals surface area contributed by atoms with Gasteiger partial charge in [0.1, 0.15) is 5.82 Å². The molecule has 0 spiro atoms. The molecule has 0 atom stereocenters. The van der Waals surface area contributed by atoms with Crippen LogP contribution in [0, 0.1) is 0 Å². The second-order valence-electron chi connectivity index (χ2n) is 3.73. The van der Waals surface area contributed by atoms with Crippen LogP contribution in [0.4, 0.5) is 17.2 Å². The first kappa shape index (κ1) is 11.4. The molecule has 0 aliphatic heterocycles. The third kappa shape index (κ3) is 3.19. The number of hydrogen-bond acceptors (Lipinski definition) is 4. The SMILES string of the molecule is COCc1ccc(Nc2ccc(N)nc2)cc1. The van der Waals surface area contributed by atoms with E-state index in [-0.39, 0.29) is 0 Å². The molecule has 4 heteroatoms. The molecule has 4 nitrogen and oxygen atoms in total. The summed E-state index contributed by atoms with van der Waals surface area (Å²) in [7, 11) is 1.69. The summed E-state index contributed by atoms with van der Waals surface area (Å²) in [5.41, 5.74) is 8.59. The normalized spacial score (nSPS) is 10.2. The zero-order valence-electron chi connectivity index (χ0n) is 9.68. The Labute approximate surface area is 100 Å². The van der Waals surface area contributed by atoms with E-state index in [4.69, 9.17) is 10.5 Å². The first-order chi connectivity index (χ1) is 8.28. The molecule has 17 heavy (non-hydrogen) atoms. The highest BCUT2D eigenvalue weighted by molar-refractivity contribution is 5.59. The van der Waals surface area contributed by atoms with Crippen LogP contribution < -0.4 is 11.1 Å². The molecule has 2 rings (SSSR count). The van der Waals surface area contributed by atoms with Crippen LogP contribution in [0.25, 0.3) is 0 Å². The summed E-state index contributed by atoms with van der Waals surface area (Å²) in [6, 6.07) is 11.7. The summed E-state index contributed by atoms with van der Waals surface area (Å²) < 4.78 is 5.05. The van der Waals surface area contributed by atoms with E-state index >= 15 is 0 Å². The molecule has 2 aromatic rings. The van der Waals surface area contributed by atoms with Crippen LogP contribution in [0.2, 0.25) is 0 Å². The summed E-state index contributed by atoms with van der Waals surface area (Å²) in [6.45, 7) is 0.629. The van der Waals surface area contributed by atoms with Gasteiger partial charge in [0, 0.05) is 12.8 Å². The first-order valence-electron chi connectivity index (χ1n) is 5.34. The molecular weight excluding hydrogens is 214 g/mol. The monoisotopic (exact) mass is 229 g/mol. The Morgan fingerprint density at radius 3 is 2.41 bits per heavy atom. The fraction of sp³-hybridized carbons (Fsp3) is 0.154. The van der Waals surface area contributed by atoms with Crippen LogP contribution in [-0.4, -0.2) is 12.1 Å². The van der Waals surface area contributed by atoms with E-state index in [9.17, 15) is 0 Å². The number of nitrogens with one attached hydrogen (secondary N) is 1. The lowest BCUT2D eigenvalue weighted by molar-refractivity contribution is 0.185. The number of nitrogen functional groups attached to an aromatic ring is 1. The Morgan fingerprint density at radius 2 is 1.82 bits per heavy atom. The lowest BCUT2D eigenvalue weighted by Crippen LogP contribution is -1.94. The zero-order valence-corrected chi connectivity index (χ0v) is 9.68. The first-order valence-corrected chi connectivity index (χ1v) is 5.34. The van der Waals surface area contributed by atoms with E-state index in [1.165, 1.54) is 0 Å². The number of benzene rings is 1. The van der Waals surface area contributed by atoms with Crippen molar-refractivity contribution in [2.75, 3.05) is 18.2 Å². The van der Waals surface area contributed by atoms with Crippen molar-refractivity contribution < 1.29 is 4.74 Å². The molecule has 1 heterocycles. The number of pyridine rings is 1. The van der Waals surface area contributed by atoms with Crippen LogP contribution in [-0.2, 0) is 11.3 Å². The minimum Gasteiger partial charge on any atom is -0.384 e. The highest BCUT2D eigenvalue weighted by Crippen LogP contribution is 2.17. The number of hydrogen-bond donors (Lipinski definition) is 2. The molecule has 0 aliphatic rings. The van der Waals surface area contributed by atoms with Gasteiger partial charge in [-0.15, -0.1) is 0 Å². The predicted octanol–water partition coefficient (Wildman–Crippen LogP) is 2.55. The summed E-state index contributed by atoms with van der Waals surface area (Å²) in [5.74, 6) is 0.519. The number of methoxy groups -OCH3 is 1. The van der Waals surface area contributed by atoms with E-state index in [0.29, 0.717) is 12.4 Å². The highest BCUT2D eigenvalue weighted by atomic mass is 16.5. The highest BCUT2D eigenvalue weighted by Gasteiger charge is 1.96.